The van der Waals surface area contributed by atoms with Crippen molar-refractivity contribution < 1.29 is 13.9 Å². The van der Waals surface area contributed by atoms with Crippen molar-refractivity contribution in [3.63, 3.8) is 0 Å². The van der Waals surface area contributed by atoms with Gasteiger partial charge in [0, 0.05) is 6.04 Å². The molecule has 3 atom stereocenters. The van der Waals surface area contributed by atoms with Crippen molar-refractivity contribution >= 4 is 17.2 Å². The molecule has 0 spiro atoms. The average Bonchev–Trinajstić information content (AvgIpc) is 3.28. The highest BCUT2D eigenvalue weighted by atomic mass is 32.1. The fourth-order valence-electron chi connectivity index (χ4n) is 4.18. The number of carbonyl (C=O) groups excluding carboxylic acids is 1. The van der Waals surface area contributed by atoms with E-state index in [-0.39, 0.29) is 17.8 Å². The number of aromatic nitrogens is 1. The van der Waals surface area contributed by atoms with E-state index in [0.717, 1.165) is 34.8 Å². The lowest BCUT2D eigenvalue weighted by Gasteiger charge is -2.35. The van der Waals surface area contributed by atoms with Gasteiger partial charge in [-0.3, -0.25) is 4.79 Å². The minimum absolute atomic E-state index is 0.0816. The molecule has 0 radical (unpaired) electrons. The standard InChI is InChI=1S/C19H21FN2O2S/c1-11-18(25-12(2)21-11)19(23)22-15-6-3-13(9-15)17(22)10-24-16-7-4-14(20)5-8-16/h4-5,7-8,13,15,17H,3,6,9-10H2,1-2H3/t13-,15-,17-/m1/s1. The summed E-state index contributed by atoms with van der Waals surface area (Å²) in [5.74, 6) is 0.938. The maximum absolute atomic E-state index is 13.1. The number of fused-ring (bicyclic) bond motifs is 2. The first kappa shape index (κ1) is 16.5. The molecule has 1 amide bonds. The van der Waals surface area contributed by atoms with Crippen LogP contribution in [-0.4, -0.2) is 34.5 Å². The predicted octanol–water partition coefficient (Wildman–Crippen LogP) is 3.97. The van der Waals surface area contributed by atoms with E-state index in [1.807, 2.05) is 18.7 Å². The molecule has 132 valence electrons. The summed E-state index contributed by atoms with van der Waals surface area (Å²) >= 11 is 1.47. The van der Waals surface area contributed by atoms with E-state index in [1.165, 1.54) is 23.5 Å². The van der Waals surface area contributed by atoms with Gasteiger partial charge in [-0.25, -0.2) is 9.37 Å². The Kier molecular flexibility index (Phi) is 4.23. The zero-order valence-electron chi connectivity index (χ0n) is 14.4. The van der Waals surface area contributed by atoms with Crippen molar-refractivity contribution in [2.45, 2.75) is 45.2 Å². The van der Waals surface area contributed by atoms with Gasteiger partial charge in [0.1, 0.15) is 23.1 Å². The summed E-state index contributed by atoms with van der Waals surface area (Å²) < 4.78 is 18.9. The van der Waals surface area contributed by atoms with Crippen LogP contribution < -0.4 is 4.74 Å². The first-order chi connectivity index (χ1) is 12.0. The van der Waals surface area contributed by atoms with Crippen LogP contribution in [0.4, 0.5) is 4.39 Å². The number of nitrogens with zero attached hydrogens (tertiary/aromatic N) is 2. The zero-order chi connectivity index (χ0) is 17.6. The van der Waals surface area contributed by atoms with Crippen LogP contribution in [0.15, 0.2) is 24.3 Å². The summed E-state index contributed by atoms with van der Waals surface area (Å²) in [5, 5.41) is 0.921. The molecule has 1 aromatic carbocycles. The molecule has 2 aliphatic rings. The van der Waals surface area contributed by atoms with Crippen molar-refractivity contribution in [2.24, 2.45) is 5.92 Å². The summed E-state index contributed by atoms with van der Waals surface area (Å²) in [7, 11) is 0. The van der Waals surface area contributed by atoms with Gasteiger partial charge in [0.25, 0.3) is 5.91 Å². The van der Waals surface area contributed by atoms with Gasteiger partial charge < -0.3 is 9.64 Å². The highest BCUT2D eigenvalue weighted by molar-refractivity contribution is 7.13. The van der Waals surface area contributed by atoms with Gasteiger partial charge in [0.15, 0.2) is 0 Å². The summed E-state index contributed by atoms with van der Waals surface area (Å²) in [4.78, 5) is 20.3. The van der Waals surface area contributed by atoms with Crippen LogP contribution in [0, 0.1) is 25.6 Å². The molecule has 0 N–H and O–H groups in total. The Morgan fingerprint density at radius 3 is 2.76 bits per heavy atom. The number of amides is 1. The molecule has 2 fully saturated rings. The Hall–Kier alpha value is -1.95. The van der Waals surface area contributed by atoms with Crippen molar-refractivity contribution in [3.05, 3.63) is 45.7 Å². The van der Waals surface area contributed by atoms with Gasteiger partial charge in [-0.15, -0.1) is 11.3 Å². The van der Waals surface area contributed by atoms with E-state index < -0.39 is 0 Å². The first-order valence-corrected chi connectivity index (χ1v) is 9.49. The predicted molar refractivity (Wildman–Crippen MR) is 94.6 cm³/mol. The summed E-state index contributed by atoms with van der Waals surface area (Å²) in [6.45, 7) is 4.28. The van der Waals surface area contributed by atoms with Crippen molar-refractivity contribution in [2.75, 3.05) is 6.61 Å². The molecule has 1 saturated heterocycles. The molecule has 1 aromatic heterocycles. The maximum Gasteiger partial charge on any atom is 0.266 e. The lowest BCUT2D eigenvalue weighted by Crippen LogP contribution is -2.47. The van der Waals surface area contributed by atoms with E-state index >= 15 is 0 Å². The number of hydrogen-bond donors (Lipinski definition) is 0. The fourth-order valence-corrected chi connectivity index (χ4v) is 5.05. The Bertz CT molecular complexity index is 789. The molecule has 1 aliphatic carbocycles. The lowest BCUT2D eigenvalue weighted by molar-refractivity contribution is 0.0509. The van der Waals surface area contributed by atoms with Crippen LogP contribution in [0.25, 0.3) is 0 Å². The van der Waals surface area contributed by atoms with Crippen LogP contribution in [0.1, 0.15) is 39.6 Å². The number of carbonyl (C=O) groups is 1. The quantitative estimate of drug-likeness (QED) is 0.828. The molecule has 1 aliphatic heterocycles. The smallest absolute Gasteiger partial charge is 0.266 e. The van der Waals surface area contributed by atoms with Gasteiger partial charge >= 0.3 is 0 Å². The monoisotopic (exact) mass is 360 g/mol. The topological polar surface area (TPSA) is 42.4 Å². The first-order valence-electron chi connectivity index (χ1n) is 8.68. The third-order valence-corrected chi connectivity index (χ3v) is 6.37. The Morgan fingerprint density at radius 2 is 2.08 bits per heavy atom. The minimum Gasteiger partial charge on any atom is -0.491 e. The minimum atomic E-state index is -0.278. The number of likely N-dealkylation sites (tertiary alicyclic amines) is 1. The van der Waals surface area contributed by atoms with Gasteiger partial charge in [0.2, 0.25) is 0 Å². The molecule has 2 aromatic rings. The van der Waals surface area contributed by atoms with E-state index in [1.54, 1.807) is 12.1 Å². The van der Waals surface area contributed by atoms with Crippen molar-refractivity contribution in [1.29, 1.82) is 0 Å². The SMILES string of the molecule is Cc1nc(C)c(C(=O)N2[C@@H]3CC[C@H](C3)[C@H]2COc2ccc(F)cc2)s1. The molecule has 4 nitrogen and oxygen atoms in total. The number of piperidine rings is 1. The molecular weight excluding hydrogens is 339 g/mol. The highest BCUT2D eigenvalue weighted by Gasteiger charge is 2.49. The normalized spacial score (nSPS) is 24.8. The molecule has 1 saturated carbocycles. The Morgan fingerprint density at radius 1 is 1.32 bits per heavy atom. The van der Waals surface area contributed by atoms with E-state index in [0.29, 0.717) is 24.3 Å². The number of aryl methyl sites for hydroxylation is 2. The second-order valence-electron chi connectivity index (χ2n) is 6.92. The molecule has 2 heterocycles. The number of ether oxygens (including phenoxy) is 1. The van der Waals surface area contributed by atoms with E-state index in [2.05, 4.69) is 4.98 Å². The summed E-state index contributed by atoms with van der Waals surface area (Å²) in [6.07, 6.45) is 3.27. The van der Waals surface area contributed by atoms with E-state index in [9.17, 15) is 9.18 Å². The van der Waals surface area contributed by atoms with Crippen LogP contribution in [-0.2, 0) is 0 Å². The zero-order valence-corrected chi connectivity index (χ0v) is 15.2. The number of thiazole rings is 1. The van der Waals surface area contributed by atoms with Crippen LogP contribution in [0.3, 0.4) is 0 Å². The maximum atomic E-state index is 13.1. The van der Waals surface area contributed by atoms with Gasteiger partial charge in [-0.05, 0) is 63.3 Å². The second kappa shape index (κ2) is 6.41. The summed E-state index contributed by atoms with van der Waals surface area (Å²) in [6, 6.07) is 6.43. The van der Waals surface area contributed by atoms with Gasteiger partial charge in [-0.1, -0.05) is 0 Å². The number of halogens is 1. The van der Waals surface area contributed by atoms with Crippen LogP contribution in [0.2, 0.25) is 0 Å². The average molecular weight is 360 g/mol. The van der Waals surface area contributed by atoms with Crippen molar-refractivity contribution in [3.8, 4) is 5.75 Å². The molecule has 6 heteroatoms. The second-order valence-corrected chi connectivity index (χ2v) is 8.12. The Balaban J connectivity index is 1.52. The third kappa shape index (κ3) is 3.03. The molecule has 4 rings (SSSR count). The van der Waals surface area contributed by atoms with Crippen LogP contribution >= 0.6 is 11.3 Å². The molecule has 0 unspecified atom stereocenters. The van der Waals surface area contributed by atoms with Crippen molar-refractivity contribution in [1.82, 2.24) is 9.88 Å². The molecular formula is C19H21FN2O2S. The fraction of sp³-hybridized carbons (Fsp3) is 0.474. The van der Waals surface area contributed by atoms with Gasteiger partial charge in [-0.2, -0.15) is 0 Å². The molecule has 2 bridgehead atoms. The number of benzene rings is 1. The third-order valence-electron chi connectivity index (χ3n) is 5.31. The van der Waals surface area contributed by atoms with Gasteiger partial charge in [0.05, 0.1) is 16.7 Å². The number of rotatable bonds is 4. The highest BCUT2D eigenvalue weighted by Crippen LogP contribution is 2.43. The Labute approximate surface area is 150 Å². The molecule has 25 heavy (non-hydrogen) atoms. The largest absolute Gasteiger partial charge is 0.491 e. The lowest BCUT2D eigenvalue weighted by atomic mass is 9.99. The van der Waals surface area contributed by atoms with Crippen LogP contribution in [0.5, 0.6) is 5.75 Å². The van der Waals surface area contributed by atoms with E-state index in [4.69, 9.17) is 4.74 Å². The number of hydrogen-bond acceptors (Lipinski definition) is 4. The summed E-state index contributed by atoms with van der Waals surface area (Å²) in [5.41, 5.74) is 0.813.